The van der Waals surface area contributed by atoms with E-state index in [2.05, 4.69) is 57.4 Å². The number of likely N-dealkylation sites (N-methyl/N-ethyl adjacent to an activating group) is 1. The van der Waals surface area contributed by atoms with Gasteiger partial charge in [0.15, 0.2) is 0 Å². The van der Waals surface area contributed by atoms with Gasteiger partial charge in [0.25, 0.3) is 0 Å². The van der Waals surface area contributed by atoms with E-state index in [1.165, 1.54) is 12.0 Å². The molecular weight excluding hydrogens is 588 g/mol. The molecule has 47 heavy (non-hydrogen) atoms. The lowest BCUT2D eigenvalue weighted by atomic mass is 9.35. The molecule has 6 aliphatic rings. The molecule has 7 rings (SSSR count). The van der Waals surface area contributed by atoms with Crippen molar-refractivity contribution in [2.75, 3.05) is 27.2 Å². The molecule has 6 fully saturated rings. The summed E-state index contributed by atoms with van der Waals surface area (Å²) in [6.07, 6.45) is 10.6. The van der Waals surface area contributed by atoms with Gasteiger partial charge in [-0.15, -0.1) is 0 Å². The van der Waals surface area contributed by atoms with Gasteiger partial charge < -0.3 is 31.1 Å². The number of nitrogens with one attached hydrogen (secondary N) is 2. The van der Waals surface area contributed by atoms with Crippen molar-refractivity contribution >= 4 is 12.1 Å². The Labute approximate surface area is 282 Å². The number of amides is 1. The third-order valence-electron chi connectivity index (χ3n) is 16.0. The van der Waals surface area contributed by atoms with Crippen molar-refractivity contribution in [2.45, 2.75) is 127 Å². The number of fused-ring (bicyclic) bond motifs is 6. The minimum Gasteiger partial charge on any atom is -0.478 e. The van der Waals surface area contributed by atoms with E-state index < -0.39 is 5.97 Å². The molecule has 1 saturated heterocycles. The van der Waals surface area contributed by atoms with Gasteiger partial charge in [-0.25, -0.2) is 9.59 Å². The number of alkyl carbamates (subject to hydrolysis) is 1. The number of carboxylic acid groups (broad SMARTS) is 1. The maximum absolute atomic E-state index is 13.3. The molecule has 0 aromatic heterocycles. The van der Waals surface area contributed by atoms with Gasteiger partial charge in [0.2, 0.25) is 0 Å². The Balaban J connectivity index is 1.16. The molecule has 5 N–H and O–H groups in total. The molecule has 0 bridgehead atoms. The fourth-order valence-corrected chi connectivity index (χ4v) is 13.5. The second kappa shape index (κ2) is 10.9. The molecule has 5 saturated carbocycles. The van der Waals surface area contributed by atoms with E-state index in [1.54, 1.807) is 12.1 Å². The van der Waals surface area contributed by atoms with Crippen LogP contribution in [0.25, 0.3) is 0 Å². The molecule has 1 unspecified atom stereocenters. The van der Waals surface area contributed by atoms with E-state index in [-0.39, 0.29) is 39.1 Å². The molecule has 1 aromatic rings. The number of carbonyl (C=O) groups is 2. The third kappa shape index (κ3) is 4.48. The highest BCUT2D eigenvalue weighted by Gasteiger charge is 2.82. The molecule has 1 aromatic carbocycles. The van der Waals surface area contributed by atoms with E-state index in [1.807, 2.05) is 19.0 Å². The number of hydrogen-bond acceptors (Lipinski definition) is 6. The minimum absolute atomic E-state index is 0.00253. The van der Waals surface area contributed by atoms with Crippen LogP contribution in [0.2, 0.25) is 0 Å². The van der Waals surface area contributed by atoms with Crippen LogP contribution in [-0.2, 0) is 4.74 Å². The largest absolute Gasteiger partial charge is 0.478 e. The first-order chi connectivity index (χ1) is 22.1. The van der Waals surface area contributed by atoms with Crippen LogP contribution in [0.5, 0.6) is 0 Å². The average Bonchev–Trinajstić information content (AvgIpc) is 3.48. The highest BCUT2D eigenvalue weighted by atomic mass is 16.5. The summed E-state index contributed by atoms with van der Waals surface area (Å²) in [6.45, 7) is 13.5. The topological polar surface area (TPSA) is 127 Å². The van der Waals surface area contributed by atoms with Crippen LogP contribution in [-0.4, -0.2) is 71.5 Å². The first-order valence-corrected chi connectivity index (χ1v) is 18.6. The third-order valence-corrected chi connectivity index (χ3v) is 16.0. The zero-order valence-corrected chi connectivity index (χ0v) is 30.0. The fraction of sp³-hybridized carbons (Fsp3) is 0.795. The monoisotopic (exact) mass is 648 g/mol. The van der Waals surface area contributed by atoms with E-state index in [4.69, 9.17) is 10.5 Å². The minimum atomic E-state index is -0.870. The summed E-state index contributed by atoms with van der Waals surface area (Å²) in [6, 6.07) is 7.65. The van der Waals surface area contributed by atoms with Crippen LogP contribution in [0.1, 0.15) is 121 Å². The van der Waals surface area contributed by atoms with Crippen molar-refractivity contribution in [2.24, 2.45) is 46.2 Å². The number of carboxylic acids is 1. The molecule has 1 spiro atoms. The van der Waals surface area contributed by atoms with Crippen LogP contribution in [0, 0.1) is 40.4 Å². The maximum atomic E-state index is 13.3. The summed E-state index contributed by atoms with van der Waals surface area (Å²) in [5.41, 5.74) is 9.34. The maximum Gasteiger partial charge on any atom is 0.407 e. The smallest absolute Gasteiger partial charge is 0.407 e. The molecule has 8 nitrogen and oxygen atoms in total. The number of hydrogen-bond donors (Lipinski definition) is 4. The molecule has 1 aliphatic heterocycles. The summed E-state index contributed by atoms with van der Waals surface area (Å²) >= 11 is 0. The Morgan fingerprint density at radius 3 is 2.36 bits per heavy atom. The Bertz CT molecular complexity index is 1420. The van der Waals surface area contributed by atoms with Crippen molar-refractivity contribution < 1.29 is 19.4 Å². The zero-order chi connectivity index (χ0) is 33.8. The van der Waals surface area contributed by atoms with Gasteiger partial charge in [-0.1, -0.05) is 39.8 Å². The Morgan fingerprint density at radius 1 is 0.979 bits per heavy atom. The number of nitrogens with two attached hydrogens (primary N) is 1. The van der Waals surface area contributed by atoms with Gasteiger partial charge in [-0.05, 0) is 143 Å². The molecule has 5 aliphatic carbocycles. The summed E-state index contributed by atoms with van der Waals surface area (Å²) in [4.78, 5) is 26.8. The number of nitrogens with zero attached hydrogens (tertiary/aromatic N) is 1. The van der Waals surface area contributed by atoms with Crippen molar-refractivity contribution in [3.63, 3.8) is 0 Å². The van der Waals surface area contributed by atoms with E-state index in [0.29, 0.717) is 47.7 Å². The van der Waals surface area contributed by atoms with Crippen LogP contribution < -0.4 is 16.4 Å². The average molecular weight is 649 g/mol. The van der Waals surface area contributed by atoms with Crippen molar-refractivity contribution in [1.29, 1.82) is 0 Å². The molecule has 1 heterocycles. The lowest BCUT2D eigenvalue weighted by molar-refractivity contribution is -0.178. The quantitative estimate of drug-likeness (QED) is 0.252. The number of aromatic carboxylic acids is 1. The SMILES string of the molecule is CC(C)[C@@H]1CC[C@]2(NC(=O)OCCN(C)C)CC[C@]3(N)[C@H](CC[C@H]4[C@@]3(C)CC[C@@]35NC3(C)[C@H](c3ccc(C(=O)O)cc3)CC[C@]45C)[C@@H]12. The molecule has 0 radical (unpaired) electrons. The zero-order valence-electron chi connectivity index (χ0n) is 30.0. The van der Waals surface area contributed by atoms with Crippen LogP contribution in [0.3, 0.4) is 0 Å². The van der Waals surface area contributed by atoms with Gasteiger partial charge in [0.1, 0.15) is 6.61 Å². The second-order valence-corrected chi connectivity index (χ2v) is 18.1. The van der Waals surface area contributed by atoms with E-state index >= 15 is 0 Å². The Kier molecular flexibility index (Phi) is 7.75. The summed E-state index contributed by atoms with van der Waals surface area (Å²) in [5.74, 6) is 1.88. The number of carbonyl (C=O) groups excluding carboxylic acids is 1. The molecule has 260 valence electrons. The number of benzene rings is 1. The number of ether oxygens (including phenoxy) is 1. The van der Waals surface area contributed by atoms with Gasteiger partial charge in [0, 0.05) is 34.6 Å². The van der Waals surface area contributed by atoms with Gasteiger partial charge in [0.05, 0.1) is 5.56 Å². The summed E-state index contributed by atoms with van der Waals surface area (Å²) in [5, 5.41) is 17.1. The van der Waals surface area contributed by atoms with Crippen molar-refractivity contribution in [1.82, 2.24) is 15.5 Å². The van der Waals surface area contributed by atoms with E-state index in [9.17, 15) is 14.7 Å². The molecule has 8 heteroatoms. The number of rotatable bonds is 7. The highest BCUT2D eigenvalue weighted by molar-refractivity contribution is 5.87. The van der Waals surface area contributed by atoms with E-state index in [0.717, 1.165) is 64.3 Å². The van der Waals surface area contributed by atoms with Crippen LogP contribution in [0.4, 0.5) is 4.79 Å². The summed E-state index contributed by atoms with van der Waals surface area (Å²) in [7, 11) is 4.00. The predicted octanol–water partition coefficient (Wildman–Crippen LogP) is 6.40. The molecular formula is C39H60N4O4. The summed E-state index contributed by atoms with van der Waals surface area (Å²) < 4.78 is 5.72. The van der Waals surface area contributed by atoms with Gasteiger partial charge in [-0.2, -0.15) is 0 Å². The van der Waals surface area contributed by atoms with Crippen molar-refractivity contribution in [3.05, 3.63) is 35.4 Å². The van der Waals surface area contributed by atoms with Crippen LogP contribution >= 0.6 is 0 Å². The Hall–Kier alpha value is -2.16. The lowest BCUT2D eigenvalue weighted by Crippen LogP contribution is -2.76. The van der Waals surface area contributed by atoms with Gasteiger partial charge in [-0.3, -0.25) is 0 Å². The van der Waals surface area contributed by atoms with Crippen molar-refractivity contribution in [3.8, 4) is 0 Å². The molecule has 11 atom stereocenters. The van der Waals surface area contributed by atoms with Crippen LogP contribution in [0.15, 0.2) is 24.3 Å². The fourth-order valence-electron chi connectivity index (χ4n) is 13.5. The second-order valence-electron chi connectivity index (χ2n) is 18.1. The molecule has 1 amide bonds. The first kappa shape index (κ1) is 33.3. The Morgan fingerprint density at radius 2 is 1.70 bits per heavy atom. The standard InChI is InChI=1S/C39H60N4O4/c1-24(2)27-14-17-37(41-33(46)47-23-22-43(6)7)19-20-38(40)29(31(27)37)12-13-30-34(38,3)18-21-39-35(30,4)16-15-28(36(39,5)42-39)25-8-10-26(11-9-25)32(44)45/h8-11,24,27-31,42H,12-23,40H2,1-7H3,(H,41,46)(H,44,45)/t27-,28-,29+,30-,31+,34+,35+,36?,37-,38-,39-/m0/s1. The normalized spacial score (nSPS) is 46.5. The van der Waals surface area contributed by atoms with Gasteiger partial charge >= 0.3 is 12.1 Å². The predicted molar refractivity (Wildman–Crippen MR) is 184 cm³/mol. The first-order valence-electron chi connectivity index (χ1n) is 18.6. The lowest BCUT2D eigenvalue weighted by Gasteiger charge is -2.71. The highest BCUT2D eigenvalue weighted by Crippen LogP contribution is 2.78.